The first kappa shape index (κ1) is 15.5. The second kappa shape index (κ2) is 6.11. The molecule has 2 nitrogen and oxygen atoms in total. The Balaban J connectivity index is 1.93. The van der Waals surface area contributed by atoms with Crippen molar-refractivity contribution in [1.82, 2.24) is 0 Å². The van der Waals surface area contributed by atoms with Crippen molar-refractivity contribution in [3.8, 4) is 0 Å². The van der Waals surface area contributed by atoms with E-state index in [9.17, 15) is 0 Å². The van der Waals surface area contributed by atoms with Gasteiger partial charge < -0.3 is 11.5 Å². The third-order valence-electron chi connectivity index (χ3n) is 4.42. The SMILES string of the molecule is N/C(S)=C(/N)SCc1cc2cccc3cc4c(c(c1)c23)=CC=CC4. The quantitative estimate of drug-likeness (QED) is 0.630. The smallest absolute Gasteiger partial charge is 0.0957 e. The first-order valence-electron chi connectivity index (χ1n) is 7.84. The normalized spacial score (nSPS) is 14.5. The van der Waals surface area contributed by atoms with Crippen molar-refractivity contribution in [2.45, 2.75) is 12.2 Å². The second-order valence-corrected chi connectivity index (χ2v) is 7.51. The maximum absolute atomic E-state index is 5.90. The van der Waals surface area contributed by atoms with Crippen molar-refractivity contribution >= 4 is 52.0 Å². The first-order valence-corrected chi connectivity index (χ1v) is 9.27. The van der Waals surface area contributed by atoms with E-state index < -0.39 is 0 Å². The summed E-state index contributed by atoms with van der Waals surface area (Å²) in [4.78, 5) is 0. The zero-order valence-corrected chi connectivity index (χ0v) is 14.8. The van der Waals surface area contributed by atoms with Crippen LogP contribution in [0.1, 0.15) is 11.1 Å². The van der Waals surface area contributed by atoms with Gasteiger partial charge in [-0.2, -0.15) is 0 Å². The Kier molecular flexibility index (Phi) is 3.94. The van der Waals surface area contributed by atoms with Crippen molar-refractivity contribution in [3.63, 3.8) is 0 Å². The highest BCUT2D eigenvalue weighted by Gasteiger charge is 2.10. The molecule has 3 aromatic carbocycles. The summed E-state index contributed by atoms with van der Waals surface area (Å²) in [6, 6.07) is 13.4. The van der Waals surface area contributed by atoms with E-state index in [0.717, 1.165) is 12.2 Å². The monoisotopic (exact) mass is 350 g/mol. The standard InChI is InChI=1S/C20H18N2S2/c21-19(23)20(22)24-11-12-8-14-5-3-6-15-10-13-4-1-2-7-16(13)17(9-12)18(14)15/h1-3,5-10,23H,4,11,21-22H2/b20-19+. The number of thiol groups is 1. The van der Waals surface area contributed by atoms with Gasteiger partial charge in [0, 0.05) is 5.75 Å². The lowest BCUT2D eigenvalue weighted by Gasteiger charge is -2.14. The Morgan fingerprint density at radius 1 is 1.12 bits per heavy atom. The molecule has 1 aliphatic rings. The van der Waals surface area contributed by atoms with E-state index >= 15 is 0 Å². The molecule has 1 aliphatic carbocycles. The molecule has 3 aromatic rings. The van der Waals surface area contributed by atoms with E-state index in [1.807, 2.05) is 0 Å². The van der Waals surface area contributed by atoms with E-state index in [0.29, 0.717) is 10.1 Å². The summed E-state index contributed by atoms with van der Waals surface area (Å²) in [6.45, 7) is 0. The predicted octanol–water partition coefficient (Wildman–Crippen LogP) is 3.81. The lowest BCUT2D eigenvalue weighted by atomic mass is 9.91. The molecular formula is C20H18N2S2. The number of thioether (sulfide) groups is 1. The molecule has 0 saturated carbocycles. The Morgan fingerprint density at radius 2 is 1.92 bits per heavy atom. The van der Waals surface area contributed by atoms with Gasteiger partial charge in [0.05, 0.1) is 10.1 Å². The molecule has 0 unspecified atom stereocenters. The van der Waals surface area contributed by atoms with Crippen LogP contribution in [0.3, 0.4) is 0 Å². The molecule has 4 heteroatoms. The van der Waals surface area contributed by atoms with Crippen LogP contribution >= 0.6 is 24.4 Å². The predicted molar refractivity (Wildman–Crippen MR) is 110 cm³/mol. The maximum Gasteiger partial charge on any atom is 0.0957 e. The topological polar surface area (TPSA) is 52.0 Å². The summed E-state index contributed by atoms with van der Waals surface area (Å²) in [5, 5.41) is 7.54. The molecule has 4 N–H and O–H groups in total. The van der Waals surface area contributed by atoms with Crippen LogP contribution in [-0.4, -0.2) is 0 Å². The highest BCUT2D eigenvalue weighted by molar-refractivity contribution is 8.03. The van der Waals surface area contributed by atoms with Crippen molar-refractivity contribution in [1.29, 1.82) is 0 Å². The van der Waals surface area contributed by atoms with E-state index in [1.165, 1.54) is 49.7 Å². The molecule has 0 fully saturated rings. The summed E-state index contributed by atoms with van der Waals surface area (Å²) in [5.41, 5.74) is 14.2. The lowest BCUT2D eigenvalue weighted by Crippen LogP contribution is -2.12. The van der Waals surface area contributed by atoms with E-state index in [4.69, 9.17) is 11.5 Å². The molecule has 0 amide bonds. The van der Waals surface area contributed by atoms with Gasteiger partial charge in [-0.3, -0.25) is 0 Å². The largest absolute Gasteiger partial charge is 0.392 e. The van der Waals surface area contributed by atoms with Crippen molar-refractivity contribution < 1.29 is 0 Å². The lowest BCUT2D eigenvalue weighted by molar-refractivity contribution is 1.25. The minimum Gasteiger partial charge on any atom is -0.392 e. The van der Waals surface area contributed by atoms with Crippen LogP contribution in [0, 0.1) is 0 Å². The Hall–Kier alpha value is -2.04. The molecule has 0 saturated heterocycles. The van der Waals surface area contributed by atoms with Gasteiger partial charge in [-0.25, -0.2) is 0 Å². The van der Waals surface area contributed by atoms with Gasteiger partial charge >= 0.3 is 0 Å². The minimum atomic E-state index is 0.384. The van der Waals surface area contributed by atoms with Gasteiger partial charge in [0.25, 0.3) is 0 Å². The van der Waals surface area contributed by atoms with E-state index in [1.54, 1.807) is 0 Å². The molecular weight excluding hydrogens is 332 g/mol. The van der Waals surface area contributed by atoms with E-state index in [2.05, 4.69) is 67.3 Å². The van der Waals surface area contributed by atoms with Gasteiger partial charge in [0.1, 0.15) is 0 Å². The second-order valence-electron chi connectivity index (χ2n) is 6.01. The number of fused-ring (bicyclic) bond motifs is 2. The fourth-order valence-corrected chi connectivity index (χ4v) is 4.16. The fourth-order valence-electron chi connectivity index (χ4n) is 3.33. The average Bonchev–Trinajstić information content (AvgIpc) is 2.59. The highest BCUT2D eigenvalue weighted by atomic mass is 32.2. The molecule has 0 bridgehead atoms. The summed E-state index contributed by atoms with van der Waals surface area (Å²) in [6.07, 6.45) is 7.57. The van der Waals surface area contributed by atoms with Gasteiger partial charge in [0.15, 0.2) is 0 Å². The number of nitrogens with two attached hydrogens (primary N) is 2. The van der Waals surface area contributed by atoms with Crippen LogP contribution < -0.4 is 16.7 Å². The number of benzene rings is 3. The summed E-state index contributed by atoms with van der Waals surface area (Å²) >= 11 is 5.63. The van der Waals surface area contributed by atoms with Crippen LogP contribution in [-0.2, 0) is 12.2 Å². The third kappa shape index (κ3) is 2.66. The van der Waals surface area contributed by atoms with Gasteiger partial charge in [-0.15, -0.1) is 24.4 Å². The number of allylic oxidation sites excluding steroid dienone is 2. The number of hydrogen-bond acceptors (Lipinski definition) is 4. The average molecular weight is 351 g/mol. The van der Waals surface area contributed by atoms with Crippen molar-refractivity contribution in [2.75, 3.05) is 0 Å². The fraction of sp³-hybridized carbons (Fsp3) is 0.100. The van der Waals surface area contributed by atoms with E-state index in [-0.39, 0.29) is 0 Å². The zero-order chi connectivity index (χ0) is 16.7. The van der Waals surface area contributed by atoms with Crippen molar-refractivity contribution in [2.24, 2.45) is 11.5 Å². The minimum absolute atomic E-state index is 0.384. The molecule has 120 valence electrons. The number of rotatable bonds is 3. The molecule has 0 heterocycles. The van der Waals surface area contributed by atoms with Gasteiger partial charge in [-0.1, -0.05) is 48.6 Å². The van der Waals surface area contributed by atoms with Gasteiger partial charge in [0.2, 0.25) is 0 Å². The van der Waals surface area contributed by atoms with Crippen molar-refractivity contribution in [3.05, 3.63) is 75.0 Å². The zero-order valence-electron chi connectivity index (χ0n) is 13.1. The van der Waals surface area contributed by atoms with Crippen LogP contribution in [0.2, 0.25) is 0 Å². The molecule has 0 spiro atoms. The first-order chi connectivity index (χ1) is 11.6. The molecule has 4 rings (SSSR count). The Bertz CT molecular complexity index is 1060. The molecule has 24 heavy (non-hydrogen) atoms. The molecule has 0 aliphatic heterocycles. The molecule has 0 radical (unpaired) electrons. The van der Waals surface area contributed by atoms with Crippen LogP contribution in [0.5, 0.6) is 0 Å². The molecule has 0 aromatic heterocycles. The summed E-state index contributed by atoms with van der Waals surface area (Å²) in [7, 11) is 0. The molecule has 0 atom stereocenters. The van der Waals surface area contributed by atoms with Crippen LogP contribution in [0.15, 0.2) is 58.6 Å². The third-order valence-corrected chi connectivity index (χ3v) is 5.82. The van der Waals surface area contributed by atoms with Crippen LogP contribution in [0.25, 0.3) is 27.6 Å². The Morgan fingerprint density at radius 3 is 2.71 bits per heavy atom. The summed E-state index contributed by atoms with van der Waals surface area (Å²) < 4.78 is 0. The van der Waals surface area contributed by atoms with Crippen LogP contribution in [0.4, 0.5) is 0 Å². The Labute approximate surface area is 150 Å². The maximum atomic E-state index is 5.90. The highest BCUT2D eigenvalue weighted by Crippen LogP contribution is 2.30. The van der Waals surface area contributed by atoms with Gasteiger partial charge in [-0.05, 0) is 50.4 Å². The summed E-state index contributed by atoms with van der Waals surface area (Å²) in [5.74, 6) is 0.780. The number of hydrogen-bond donors (Lipinski definition) is 3.